The normalized spacial score (nSPS) is 22.8. The van der Waals surface area contributed by atoms with E-state index in [0.29, 0.717) is 52.1 Å². The molecule has 1 unspecified atom stereocenters. The van der Waals surface area contributed by atoms with Gasteiger partial charge in [0.15, 0.2) is 0 Å². The van der Waals surface area contributed by atoms with E-state index in [-0.39, 0.29) is 34.7 Å². The Kier molecular flexibility index (Phi) is 6.98. The predicted molar refractivity (Wildman–Crippen MR) is 131 cm³/mol. The van der Waals surface area contributed by atoms with E-state index in [1.807, 2.05) is 43.3 Å². The molecular weight excluding hydrogens is 448 g/mol. The van der Waals surface area contributed by atoms with Gasteiger partial charge < -0.3 is 10.1 Å². The van der Waals surface area contributed by atoms with Crippen molar-refractivity contribution in [2.24, 2.45) is 5.92 Å². The lowest BCUT2D eigenvalue weighted by Crippen LogP contribution is -2.45. The number of benzene rings is 1. The van der Waals surface area contributed by atoms with Gasteiger partial charge in [0, 0.05) is 50.0 Å². The van der Waals surface area contributed by atoms with Crippen molar-refractivity contribution in [2.45, 2.75) is 57.3 Å². The summed E-state index contributed by atoms with van der Waals surface area (Å²) in [5.41, 5.74) is 0.516. The maximum atomic E-state index is 15.6. The zero-order valence-corrected chi connectivity index (χ0v) is 20.2. The molecule has 1 aromatic carbocycles. The number of hydrogen-bond acceptors (Lipinski definition) is 4. The Bertz CT molecular complexity index is 1190. The van der Waals surface area contributed by atoms with E-state index < -0.39 is 5.67 Å². The van der Waals surface area contributed by atoms with Gasteiger partial charge in [-0.3, -0.25) is 9.69 Å². The fraction of sp³-hybridized carbons (Fsp3) is 0.500. The third-order valence-corrected chi connectivity index (χ3v) is 7.60. The maximum absolute atomic E-state index is 15.6. The Labute approximate surface area is 204 Å². The molecule has 2 aromatic rings. The van der Waals surface area contributed by atoms with Crippen molar-refractivity contribution in [3.8, 4) is 0 Å². The van der Waals surface area contributed by atoms with Gasteiger partial charge in [0.1, 0.15) is 22.5 Å². The van der Waals surface area contributed by atoms with Crippen LogP contribution in [-0.2, 0) is 17.0 Å². The number of pyridine rings is 1. The lowest BCUT2D eigenvalue weighted by atomic mass is 9.86. The van der Waals surface area contributed by atoms with Gasteiger partial charge in [0.05, 0.1) is 0 Å². The number of carbonyl (C=O) groups excluding carboxylic acids is 1. The number of nitrogens with zero attached hydrogens (tertiary/aromatic N) is 2. The molecule has 1 amide bonds. The Morgan fingerprint density at radius 1 is 1.20 bits per heavy atom. The molecule has 1 aromatic heterocycles. The molecule has 35 heavy (non-hydrogen) atoms. The summed E-state index contributed by atoms with van der Waals surface area (Å²) in [5, 5.41) is 4.09. The maximum Gasteiger partial charge on any atom is 0.270 e. The highest BCUT2D eigenvalue weighted by atomic mass is 19.1. The molecule has 0 saturated carbocycles. The molecule has 1 atom stereocenters. The summed E-state index contributed by atoms with van der Waals surface area (Å²) in [7, 11) is 0. The highest BCUT2D eigenvalue weighted by Crippen LogP contribution is 2.37. The number of rotatable bonds is 5. The van der Waals surface area contributed by atoms with Crippen LogP contribution in [0.25, 0.3) is 11.9 Å². The number of fused-ring (bicyclic) bond motifs is 1. The third-order valence-electron chi connectivity index (χ3n) is 7.60. The molecule has 186 valence electrons. The highest BCUT2D eigenvalue weighted by molar-refractivity contribution is 5.92. The van der Waals surface area contributed by atoms with Crippen LogP contribution < -0.4 is 15.9 Å². The quantitative estimate of drug-likeness (QED) is 0.712. The van der Waals surface area contributed by atoms with Crippen molar-refractivity contribution in [1.29, 1.82) is 0 Å². The molecule has 1 N–H and O–H groups in total. The second-order valence-corrected chi connectivity index (χ2v) is 10.1. The summed E-state index contributed by atoms with van der Waals surface area (Å²) >= 11 is 0. The zero-order valence-electron chi connectivity index (χ0n) is 20.2. The molecule has 5 rings (SSSR count). The molecule has 3 aliphatic rings. The van der Waals surface area contributed by atoms with Gasteiger partial charge in [-0.05, 0) is 49.3 Å². The van der Waals surface area contributed by atoms with Crippen LogP contribution in [0, 0.1) is 5.92 Å². The van der Waals surface area contributed by atoms with E-state index in [0.717, 1.165) is 29.2 Å². The van der Waals surface area contributed by atoms with Gasteiger partial charge in [-0.2, -0.15) is 0 Å². The smallest absolute Gasteiger partial charge is 0.270 e. The number of nitrogens with one attached hydrogen (secondary N) is 1. The third kappa shape index (κ3) is 5.16. The molecule has 0 radical (unpaired) electrons. The molecule has 2 fully saturated rings. The molecule has 2 aliphatic heterocycles. The minimum absolute atomic E-state index is 0.0367. The first kappa shape index (κ1) is 24.1. The summed E-state index contributed by atoms with van der Waals surface area (Å²) in [6.45, 7) is 4.79. The number of amides is 1. The Hall–Kier alpha value is -2.64. The summed E-state index contributed by atoms with van der Waals surface area (Å²) in [5.74, 6) is -0.808. The largest absolute Gasteiger partial charge is 0.381 e. The van der Waals surface area contributed by atoms with Crippen molar-refractivity contribution >= 4 is 17.8 Å². The number of ether oxygens (including phenoxy) is 1. The molecule has 2 saturated heterocycles. The van der Waals surface area contributed by atoms with Crippen molar-refractivity contribution in [2.75, 3.05) is 26.3 Å². The van der Waals surface area contributed by atoms with Gasteiger partial charge in [0.25, 0.3) is 5.91 Å². The number of alkyl halides is 1. The van der Waals surface area contributed by atoms with Gasteiger partial charge in [0.2, 0.25) is 0 Å². The summed E-state index contributed by atoms with van der Waals surface area (Å²) in [6.07, 6.45) is 4.96. The molecule has 5 nitrogen and oxygen atoms in total. The number of hydrogen-bond donors (Lipinski definition) is 1. The van der Waals surface area contributed by atoms with Gasteiger partial charge in [-0.25, -0.2) is 13.8 Å². The van der Waals surface area contributed by atoms with Gasteiger partial charge in [-0.1, -0.05) is 43.3 Å². The number of halogens is 2. The Morgan fingerprint density at radius 2 is 1.91 bits per heavy atom. The number of carbonyl (C=O) groups is 1. The average molecular weight is 482 g/mol. The van der Waals surface area contributed by atoms with Crippen LogP contribution in [0.3, 0.4) is 0 Å². The van der Waals surface area contributed by atoms with Crippen LogP contribution in [0.1, 0.15) is 60.6 Å². The SMILES string of the molecule is CC1CC=c2c(CN3CCC(F)(c4ccccc4)CC3)cc(C(=O)NC3CCOCC3)nc2=C1F. The minimum Gasteiger partial charge on any atom is -0.381 e. The number of likely N-dealkylation sites (tertiary alicyclic amines) is 1. The monoisotopic (exact) mass is 481 g/mol. The van der Waals surface area contributed by atoms with E-state index >= 15 is 8.78 Å². The standard InChI is InChI=1S/C28H33F2N3O2/c1-19-7-8-23-20(18-33-13-11-28(30,12-14-33)21-5-3-2-4-6-21)17-24(32-26(23)25(19)29)27(34)31-22-9-15-35-16-10-22/h2-6,8,17,19,22H,7,9-16,18H2,1H3,(H,31,34). The van der Waals surface area contributed by atoms with Crippen molar-refractivity contribution in [3.05, 3.63) is 63.8 Å². The number of piperidine rings is 1. The fourth-order valence-corrected chi connectivity index (χ4v) is 5.33. The molecule has 3 heterocycles. The van der Waals surface area contributed by atoms with Crippen molar-refractivity contribution in [3.63, 3.8) is 0 Å². The van der Waals surface area contributed by atoms with Crippen molar-refractivity contribution < 1.29 is 18.3 Å². The molecule has 0 bridgehead atoms. The lowest BCUT2D eigenvalue weighted by molar-refractivity contribution is 0.0524. The van der Waals surface area contributed by atoms with Crippen LogP contribution in [0.15, 0.2) is 36.4 Å². The predicted octanol–water partition coefficient (Wildman–Crippen LogP) is 3.35. The second-order valence-electron chi connectivity index (χ2n) is 10.1. The summed E-state index contributed by atoms with van der Waals surface area (Å²) < 4.78 is 36.1. The van der Waals surface area contributed by atoms with Crippen molar-refractivity contribution in [1.82, 2.24) is 15.2 Å². The Balaban J connectivity index is 1.39. The highest BCUT2D eigenvalue weighted by Gasteiger charge is 2.36. The second kappa shape index (κ2) is 10.2. The first-order valence-corrected chi connectivity index (χ1v) is 12.7. The molecule has 1 aliphatic carbocycles. The van der Waals surface area contributed by atoms with Crippen LogP contribution in [0.5, 0.6) is 0 Å². The Morgan fingerprint density at radius 3 is 2.63 bits per heavy atom. The zero-order chi connectivity index (χ0) is 24.4. The van der Waals surface area contributed by atoms with E-state index in [1.54, 1.807) is 6.07 Å². The van der Waals surface area contributed by atoms with Crippen LogP contribution in [-0.4, -0.2) is 48.1 Å². The summed E-state index contributed by atoms with van der Waals surface area (Å²) in [6, 6.07) is 11.2. The first-order valence-electron chi connectivity index (χ1n) is 12.7. The number of aromatic nitrogens is 1. The van der Waals surface area contributed by atoms with Gasteiger partial charge >= 0.3 is 0 Å². The molecule has 0 spiro atoms. The molecule has 7 heteroatoms. The van der Waals surface area contributed by atoms with E-state index in [2.05, 4.69) is 15.2 Å². The van der Waals surface area contributed by atoms with E-state index in [1.165, 1.54) is 0 Å². The van der Waals surface area contributed by atoms with E-state index in [4.69, 9.17) is 4.74 Å². The average Bonchev–Trinajstić information content (AvgIpc) is 2.89. The van der Waals surface area contributed by atoms with E-state index in [9.17, 15) is 4.79 Å². The van der Waals surface area contributed by atoms with Crippen LogP contribution in [0.2, 0.25) is 0 Å². The minimum atomic E-state index is -1.33. The topological polar surface area (TPSA) is 54.5 Å². The lowest BCUT2D eigenvalue weighted by Gasteiger charge is -2.37. The molecular formula is C28H33F2N3O2. The van der Waals surface area contributed by atoms with Crippen LogP contribution in [0.4, 0.5) is 8.78 Å². The fourth-order valence-electron chi connectivity index (χ4n) is 5.33. The van der Waals surface area contributed by atoms with Gasteiger partial charge in [-0.15, -0.1) is 0 Å². The first-order chi connectivity index (χ1) is 16.9. The van der Waals surface area contributed by atoms with Crippen LogP contribution >= 0.6 is 0 Å². The summed E-state index contributed by atoms with van der Waals surface area (Å²) in [4.78, 5) is 19.7.